The van der Waals surface area contributed by atoms with E-state index in [1.165, 1.54) is 0 Å². The molecule has 1 saturated heterocycles. The molecule has 3 nitrogen and oxygen atoms in total. The van der Waals surface area contributed by atoms with Gasteiger partial charge >= 0.3 is 0 Å². The SMILES string of the molecule is O=C(C1CCC1)C1CCS1(=O)=O. The van der Waals surface area contributed by atoms with E-state index in [4.69, 9.17) is 0 Å². The Hall–Kier alpha value is -0.380. The first-order valence-electron chi connectivity index (χ1n) is 4.36. The van der Waals surface area contributed by atoms with Crippen LogP contribution in [0.2, 0.25) is 0 Å². The predicted octanol–water partition coefficient (Wildman–Crippen LogP) is 0.543. The second kappa shape index (κ2) is 2.55. The average Bonchev–Trinajstić information content (AvgIpc) is 1.81. The molecule has 1 unspecified atom stereocenters. The molecule has 0 aromatic heterocycles. The predicted molar refractivity (Wildman–Crippen MR) is 44.5 cm³/mol. The van der Waals surface area contributed by atoms with Gasteiger partial charge in [-0.15, -0.1) is 0 Å². The van der Waals surface area contributed by atoms with Crippen LogP contribution in [0.4, 0.5) is 0 Å². The second-order valence-corrected chi connectivity index (χ2v) is 5.98. The summed E-state index contributed by atoms with van der Waals surface area (Å²) in [5.41, 5.74) is 0. The lowest BCUT2D eigenvalue weighted by Crippen LogP contribution is -2.46. The third-order valence-corrected chi connectivity index (χ3v) is 5.06. The zero-order valence-electron chi connectivity index (χ0n) is 6.82. The maximum Gasteiger partial charge on any atom is 0.160 e. The summed E-state index contributed by atoms with van der Waals surface area (Å²) in [4.78, 5) is 11.4. The van der Waals surface area contributed by atoms with Crippen molar-refractivity contribution in [2.45, 2.75) is 30.9 Å². The van der Waals surface area contributed by atoms with Crippen molar-refractivity contribution in [3.05, 3.63) is 0 Å². The number of sulfone groups is 1. The minimum Gasteiger partial charge on any atom is -0.298 e. The highest BCUT2D eigenvalue weighted by molar-refractivity contribution is 7.94. The number of hydrogen-bond acceptors (Lipinski definition) is 3. The van der Waals surface area contributed by atoms with Gasteiger partial charge in [-0.25, -0.2) is 8.42 Å². The van der Waals surface area contributed by atoms with Gasteiger partial charge in [0.2, 0.25) is 0 Å². The molecule has 0 bridgehead atoms. The van der Waals surface area contributed by atoms with Crippen molar-refractivity contribution in [1.29, 1.82) is 0 Å². The van der Waals surface area contributed by atoms with Gasteiger partial charge in [0.15, 0.2) is 15.6 Å². The van der Waals surface area contributed by atoms with Crippen LogP contribution in [-0.2, 0) is 14.6 Å². The Labute approximate surface area is 72.1 Å². The number of ketones is 1. The normalized spacial score (nSPS) is 33.5. The molecule has 1 atom stereocenters. The number of hydrogen-bond donors (Lipinski definition) is 0. The second-order valence-electron chi connectivity index (χ2n) is 3.67. The maximum atomic E-state index is 11.4. The third kappa shape index (κ3) is 1.09. The zero-order valence-corrected chi connectivity index (χ0v) is 7.64. The van der Waals surface area contributed by atoms with Crippen molar-refractivity contribution in [2.24, 2.45) is 5.92 Å². The minimum absolute atomic E-state index is 0.00694. The minimum atomic E-state index is -2.99. The lowest BCUT2D eigenvalue weighted by molar-refractivity contribution is -0.125. The monoisotopic (exact) mass is 188 g/mol. The van der Waals surface area contributed by atoms with Gasteiger partial charge in [-0.05, 0) is 19.3 Å². The number of carbonyl (C=O) groups is 1. The molecule has 68 valence electrons. The molecular formula is C8H12O3S. The summed E-state index contributed by atoms with van der Waals surface area (Å²) < 4.78 is 22.2. The van der Waals surface area contributed by atoms with Gasteiger partial charge in [0.25, 0.3) is 0 Å². The fourth-order valence-electron chi connectivity index (χ4n) is 1.70. The quantitative estimate of drug-likeness (QED) is 0.635. The first kappa shape index (κ1) is 8.23. The number of Topliss-reactive ketones (excluding diaryl/α,β-unsaturated/α-hetero) is 1. The highest BCUT2D eigenvalue weighted by atomic mass is 32.2. The summed E-state index contributed by atoms with van der Waals surface area (Å²) in [5, 5.41) is -0.622. The zero-order chi connectivity index (χ0) is 8.77. The molecule has 0 amide bonds. The molecule has 4 heteroatoms. The Morgan fingerprint density at radius 1 is 1.17 bits per heavy atom. The molecule has 0 aromatic rings. The first-order valence-corrected chi connectivity index (χ1v) is 6.08. The number of rotatable bonds is 2. The maximum absolute atomic E-state index is 11.4. The van der Waals surface area contributed by atoms with Crippen LogP contribution in [0.5, 0.6) is 0 Å². The van der Waals surface area contributed by atoms with Gasteiger partial charge in [0, 0.05) is 5.92 Å². The van der Waals surface area contributed by atoms with Gasteiger partial charge in [0.1, 0.15) is 5.25 Å². The van der Waals surface area contributed by atoms with Gasteiger partial charge in [-0.2, -0.15) is 0 Å². The summed E-state index contributed by atoms with van der Waals surface area (Å²) >= 11 is 0. The molecular weight excluding hydrogens is 176 g/mol. The molecule has 2 fully saturated rings. The summed E-state index contributed by atoms with van der Waals surface area (Å²) in [7, 11) is -2.99. The highest BCUT2D eigenvalue weighted by Gasteiger charge is 2.44. The standard InChI is InChI=1S/C8H12O3S/c9-8(6-2-1-3-6)7-4-5-12(7,10)11/h6-7H,1-5H2. The van der Waals surface area contributed by atoms with E-state index in [0.717, 1.165) is 19.3 Å². The molecule has 2 rings (SSSR count). The summed E-state index contributed by atoms with van der Waals surface area (Å²) in [5.74, 6) is 0.286. The molecule has 1 heterocycles. The molecule has 1 aliphatic carbocycles. The van der Waals surface area contributed by atoms with Crippen LogP contribution in [0.15, 0.2) is 0 Å². The van der Waals surface area contributed by atoms with E-state index in [2.05, 4.69) is 0 Å². The van der Waals surface area contributed by atoms with E-state index in [1.54, 1.807) is 0 Å². The van der Waals surface area contributed by atoms with Crippen LogP contribution in [0.25, 0.3) is 0 Å². The van der Waals surface area contributed by atoms with E-state index in [1.807, 2.05) is 0 Å². The topological polar surface area (TPSA) is 51.2 Å². The van der Waals surface area contributed by atoms with Crippen LogP contribution in [0.3, 0.4) is 0 Å². The average molecular weight is 188 g/mol. The van der Waals surface area contributed by atoms with Crippen LogP contribution < -0.4 is 0 Å². The van der Waals surface area contributed by atoms with Crippen molar-refractivity contribution in [1.82, 2.24) is 0 Å². The summed E-state index contributed by atoms with van der Waals surface area (Å²) in [6.07, 6.45) is 3.47. The van der Waals surface area contributed by atoms with Crippen molar-refractivity contribution in [3.63, 3.8) is 0 Å². The van der Waals surface area contributed by atoms with Crippen molar-refractivity contribution in [2.75, 3.05) is 5.75 Å². The molecule has 0 radical (unpaired) electrons. The summed E-state index contributed by atoms with van der Waals surface area (Å²) in [6.45, 7) is 0. The highest BCUT2D eigenvalue weighted by Crippen LogP contribution is 2.33. The van der Waals surface area contributed by atoms with E-state index in [-0.39, 0.29) is 17.5 Å². The molecule has 1 saturated carbocycles. The Bertz CT molecular complexity index is 300. The Morgan fingerprint density at radius 2 is 1.83 bits per heavy atom. The fourth-order valence-corrected chi connectivity index (χ4v) is 3.11. The molecule has 2 aliphatic rings. The van der Waals surface area contributed by atoms with E-state index in [9.17, 15) is 13.2 Å². The first-order chi connectivity index (χ1) is 5.61. The van der Waals surface area contributed by atoms with Crippen LogP contribution in [0.1, 0.15) is 25.7 Å². The molecule has 12 heavy (non-hydrogen) atoms. The third-order valence-electron chi connectivity index (χ3n) is 2.92. The van der Waals surface area contributed by atoms with Gasteiger partial charge in [-0.3, -0.25) is 4.79 Å². The fraction of sp³-hybridized carbons (Fsp3) is 0.875. The Balaban J connectivity index is 2.05. The Kier molecular flexibility index (Phi) is 1.75. The van der Waals surface area contributed by atoms with E-state index >= 15 is 0 Å². The van der Waals surface area contributed by atoms with Crippen LogP contribution in [0, 0.1) is 5.92 Å². The Morgan fingerprint density at radius 3 is 2.08 bits per heavy atom. The summed E-state index contributed by atoms with van der Waals surface area (Å²) in [6, 6.07) is 0. The lowest BCUT2D eigenvalue weighted by Gasteiger charge is -2.32. The van der Waals surface area contributed by atoms with Crippen LogP contribution >= 0.6 is 0 Å². The smallest absolute Gasteiger partial charge is 0.160 e. The molecule has 0 spiro atoms. The molecule has 0 aromatic carbocycles. The van der Waals surface area contributed by atoms with E-state index in [0.29, 0.717) is 6.42 Å². The van der Waals surface area contributed by atoms with Crippen LogP contribution in [-0.4, -0.2) is 25.2 Å². The number of carbonyl (C=O) groups excluding carboxylic acids is 1. The largest absolute Gasteiger partial charge is 0.298 e. The van der Waals surface area contributed by atoms with E-state index < -0.39 is 15.1 Å². The van der Waals surface area contributed by atoms with Gasteiger partial charge in [-0.1, -0.05) is 6.42 Å². The van der Waals surface area contributed by atoms with Gasteiger partial charge < -0.3 is 0 Å². The van der Waals surface area contributed by atoms with Crippen molar-refractivity contribution in [3.8, 4) is 0 Å². The molecule has 0 N–H and O–H groups in total. The van der Waals surface area contributed by atoms with Gasteiger partial charge in [0.05, 0.1) is 5.75 Å². The lowest BCUT2D eigenvalue weighted by atomic mass is 9.80. The van der Waals surface area contributed by atoms with Crippen molar-refractivity contribution >= 4 is 15.6 Å². The molecule has 1 aliphatic heterocycles. The van der Waals surface area contributed by atoms with Crippen molar-refractivity contribution < 1.29 is 13.2 Å².